The number of benzene rings is 1. The molecule has 18 heteroatoms. The Morgan fingerprint density at radius 1 is 0.411 bits per heavy atom. The molecule has 3 atom stereocenters. The number of nitrogens with one attached hydrogen (secondary N) is 2. The molecule has 0 aliphatic rings. The number of rotatable bonds is 79. The Kier molecular flexibility index (Phi) is 62.9. The van der Waals surface area contributed by atoms with E-state index >= 15 is 0 Å². The number of amides is 1. The number of hydrogen-bond acceptors (Lipinski definition) is 15. The van der Waals surface area contributed by atoms with E-state index in [1.54, 1.807) is 0 Å². The zero-order valence-electron chi connectivity index (χ0n) is 73.1. The molecule has 0 radical (unpaired) electrons. The van der Waals surface area contributed by atoms with Gasteiger partial charge in [0.05, 0.1) is 64.3 Å². The number of aromatic nitrogens is 4. The molecule has 0 saturated carbocycles. The summed E-state index contributed by atoms with van der Waals surface area (Å²) in [4.78, 5) is 97.7. The van der Waals surface area contributed by atoms with Crippen LogP contribution in [0.1, 0.15) is 413 Å². The average Bonchev–Trinajstić information content (AvgIpc) is 1.62. The van der Waals surface area contributed by atoms with Crippen molar-refractivity contribution < 1.29 is 47.7 Å². The first-order chi connectivity index (χ1) is 54.8. The fourth-order valence-electron chi connectivity index (χ4n) is 15.4. The van der Waals surface area contributed by atoms with Gasteiger partial charge in [0.2, 0.25) is 5.91 Å². The summed E-state index contributed by atoms with van der Waals surface area (Å²) >= 11 is 0. The summed E-state index contributed by atoms with van der Waals surface area (Å²) in [6.45, 7) is 23.6. The normalized spacial score (nSPS) is 12.4. The highest BCUT2D eigenvalue weighted by Crippen LogP contribution is 2.27. The Hall–Kier alpha value is -5.36. The number of anilines is 1. The van der Waals surface area contributed by atoms with Crippen LogP contribution in [0.25, 0.3) is 11.2 Å². The lowest BCUT2D eigenvalue weighted by atomic mass is 9.94. The topological polar surface area (TPSA) is 214 Å². The van der Waals surface area contributed by atoms with Crippen molar-refractivity contribution in [2.75, 3.05) is 78.1 Å². The van der Waals surface area contributed by atoms with Gasteiger partial charge in [0.15, 0.2) is 11.5 Å². The van der Waals surface area contributed by atoms with Crippen molar-refractivity contribution in [1.29, 1.82) is 0 Å². The molecule has 1 aromatic carbocycles. The van der Waals surface area contributed by atoms with Crippen LogP contribution in [-0.2, 0) is 55.9 Å². The van der Waals surface area contributed by atoms with E-state index in [2.05, 4.69) is 78.5 Å². The lowest BCUT2D eigenvalue weighted by molar-refractivity contribution is -0.150. The lowest BCUT2D eigenvalue weighted by Crippen LogP contribution is -2.32. The predicted molar refractivity (Wildman–Crippen MR) is 463 cm³/mol. The number of nitrogens with zero attached hydrogens (tertiary/aromatic N) is 5. The predicted octanol–water partition coefficient (Wildman–Crippen LogP) is 23.9. The Bertz CT molecular complexity index is 2800. The van der Waals surface area contributed by atoms with Crippen molar-refractivity contribution in [3.8, 4) is 6.01 Å². The van der Waals surface area contributed by atoms with Gasteiger partial charge in [-0.3, -0.25) is 28.5 Å². The van der Waals surface area contributed by atoms with Crippen LogP contribution in [0.4, 0.5) is 5.82 Å². The van der Waals surface area contributed by atoms with Crippen molar-refractivity contribution >= 4 is 46.8 Å². The van der Waals surface area contributed by atoms with Crippen molar-refractivity contribution in [3.63, 3.8) is 0 Å². The maximum absolute atomic E-state index is 13.9. The van der Waals surface area contributed by atoms with Crippen molar-refractivity contribution in [1.82, 2.24) is 29.3 Å². The number of imidazole rings is 1. The SMILES string of the molecule is CCCCCCCCC(CCCCCC)C(=O)OCCCCCCN(CCCCCCOC(=O)C(CCCCCC)CCCCCCCC)CCCN(CCCCCCOC(=O)C(CCCCCC)CCCCCCCC)CCCCCC(=O)Nc1nc(OCCCC)nc2c1[nH]c(=O)n2Cc1cccc(CC(=O)OC)c1. The Morgan fingerprint density at radius 2 is 0.759 bits per heavy atom. The number of aromatic amines is 1. The van der Waals surface area contributed by atoms with Gasteiger partial charge in [-0.25, -0.2) is 4.79 Å². The molecule has 3 aromatic rings. The van der Waals surface area contributed by atoms with E-state index in [1.807, 2.05) is 24.3 Å². The second kappa shape index (κ2) is 69.9. The van der Waals surface area contributed by atoms with Crippen LogP contribution in [0.2, 0.25) is 0 Å². The van der Waals surface area contributed by atoms with Crippen molar-refractivity contribution in [3.05, 3.63) is 45.9 Å². The van der Waals surface area contributed by atoms with E-state index in [-0.39, 0.29) is 78.8 Å². The molecule has 3 unspecified atom stereocenters. The highest BCUT2D eigenvalue weighted by molar-refractivity contribution is 5.97. The molecular weight excluding hydrogens is 1400 g/mol. The fraction of sp³-hybridized carbons (Fsp3) is 0.830. The van der Waals surface area contributed by atoms with Crippen molar-refractivity contribution in [2.24, 2.45) is 17.8 Å². The number of unbranched alkanes of at least 4 members (excludes halogenated alkanes) is 36. The Labute approximate surface area is 682 Å². The van der Waals surface area contributed by atoms with Gasteiger partial charge in [-0.2, -0.15) is 9.97 Å². The maximum atomic E-state index is 13.9. The second-order valence-corrected chi connectivity index (χ2v) is 32.8. The molecule has 1 amide bonds. The van der Waals surface area contributed by atoms with Gasteiger partial charge >= 0.3 is 35.6 Å². The van der Waals surface area contributed by atoms with Gasteiger partial charge in [-0.05, 0) is 153 Å². The molecule has 0 fully saturated rings. The largest absolute Gasteiger partial charge is 0.469 e. The minimum absolute atomic E-state index is 0.0116. The summed E-state index contributed by atoms with van der Waals surface area (Å²) in [5, 5.41) is 3.01. The molecule has 2 aromatic heterocycles. The monoisotopic (exact) mass is 1570 g/mol. The third kappa shape index (κ3) is 50.2. The first-order valence-corrected chi connectivity index (χ1v) is 46.9. The van der Waals surface area contributed by atoms with Crippen LogP contribution in [0.3, 0.4) is 0 Å². The minimum Gasteiger partial charge on any atom is -0.469 e. The Morgan fingerprint density at radius 3 is 1.16 bits per heavy atom. The zero-order chi connectivity index (χ0) is 81.0. The number of hydrogen-bond donors (Lipinski definition) is 2. The highest BCUT2D eigenvalue weighted by atomic mass is 16.5. The third-order valence-corrected chi connectivity index (χ3v) is 22.6. The molecule has 18 nitrogen and oxygen atoms in total. The van der Waals surface area contributed by atoms with Crippen LogP contribution >= 0.6 is 0 Å². The van der Waals surface area contributed by atoms with Crippen LogP contribution < -0.4 is 15.7 Å². The summed E-state index contributed by atoms with van der Waals surface area (Å²) in [5.74, 6) is -0.233. The third-order valence-electron chi connectivity index (χ3n) is 22.6. The number of carbonyl (C=O) groups is 5. The number of carbonyl (C=O) groups excluding carboxylic acids is 5. The zero-order valence-corrected chi connectivity index (χ0v) is 73.1. The molecular formula is C94H167N7O11. The smallest absolute Gasteiger partial charge is 0.328 e. The van der Waals surface area contributed by atoms with Gasteiger partial charge in [0.1, 0.15) is 5.52 Å². The summed E-state index contributed by atoms with van der Waals surface area (Å²) in [6.07, 6.45) is 59.8. The first-order valence-electron chi connectivity index (χ1n) is 46.9. The van der Waals surface area contributed by atoms with E-state index in [1.165, 1.54) is 166 Å². The summed E-state index contributed by atoms with van der Waals surface area (Å²) < 4.78 is 30.5. The van der Waals surface area contributed by atoms with Gasteiger partial charge in [-0.1, -0.05) is 317 Å². The molecule has 0 aliphatic heterocycles. The number of esters is 4. The molecule has 112 heavy (non-hydrogen) atoms. The van der Waals surface area contributed by atoms with Gasteiger partial charge in [-0.15, -0.1) is 0 Å². The quantitative estimate of drug-likeness (QED) is 0.0305. The Balaban J connectivity index is 1.74. The standard InChI is InChI=1S/C94H167N7O11/c1-9-16-23-29-32-45-63-82(60-42-26-19-12-4)90(104)109-74-53-38-35-49-67-99(68-50-36-39-54-75-110-91(105)83(61-43-27-20-13-5)64-46-33-30-24-17-10-2)71-57-72-100(69-51-37-40-55-76-111-92(106)84(62-44-28-21-14-6)65-47-34-31-25-18-11-3)70-52-41-48-66-85(102)95-88-87-89(98-93(97-88)112-73-22-15-7)101(94(107)96-87)79-81-59-56-58-80(77-81)78-86(103)108-8/h56,58-59,77,82-84H,9-55,57,60-76,78-79H2,1-8H3,(H,96,107)(H,95,97,98,102). The minimum atomic E-state index is -0.409. The van der Waals surface area contributed by atoms with Gasteiger partial charge in [0, 0.05) is 6.42 Å². The molecule has 0 spiro atoms. The second-order valence-electron chi connectivity index (χ2n) is 32.8. The van der Waals surface area contributed by atoms with Crippen LogP contribution in [-0.4, -0.2) is 132 Å². The molecule has 0 aliphatic carbocycles. The van der Waals surface area contributed by atoms with Gasteiger partial charge in [0.25, 0.3) is 0 Å². The molecule has 3 rings (SSSR count). The molecule has 0 bridgehead atoms. The maximum Gasteiger partial charge on any atom is 0.328 e. The van der Waals surface area contributed by atoms with E-state index in [0.29, 0.717) is 44.0 Å². The fourth-order valence-corrected chi connectivity index (χ4v) is 15.4. The number of fused-ring (bicyclic) bond motifs is 1. The van der Waals surface area contributed by atoms with Crippen molar-refractivity contribution in [2.45, 2.75) is 415 Å². The molecule has 2 N–H and O–H groups in total. The first kappa shape index (κ1) is 101. The number of methoxy groups -OCH3 is 1. The summed E-state index contributed by atoms with van der Waals surface area (Å²) in [7, 11) is 1.36. The van der Waals surface area contributed by atoms with E-state index in [0.717, 1.165) is 237 Å². The van der Waals surface area contributed by atoms with Crippen LogP contribution in [0.5, 0.6) is 6.01 Å². The van der Waals surface area contributed by atoms with E-state index < -0.39 is 5.69 Å². The highest BCUT2D eigenvalue weighted by Gasteiger charge is 2.24. The average molecular weight is 1570 g/mol. The van der Waals surface area contributed by atoms with E-state index in [9.17, 15) is 28.8 Å². The molecule has 2 heterocycles. The number of ether oxygens (including phenoxy) is 5. The van der Waals surface area contributed by atoms with Crippen LogP contribution in [0, 0.1) is 17.8 Å². The van der Waals surface area contributed by atoms with Gasteiger partial charge < -0.3 is 43.8 Å². The summed E-state index contributed by atoms with van der Waals surface area (Å²) in [6, 6.07) is 7.53. The summed E-state index contributed by atoms with van der Waals surface area (Å²) in [5.41, 5.74) is 1.77. The lowest BCUT2D eigenvalue weighted by Gasteiger charge is -2.26. The van der Waals surface area contributed by atoms with E-state index in [4.69, 9.17) is 23.7 Å². The molecule has 0 saturated heterocycles. The van der Waals surface area contributed by atoms with Crippen LogP contribution in [0.15, 0.2) is 29.1 Å². The molecule has 644 valence electrons. The number of H-pyrrole nitrogens is 1.